The van der Waals surface area contributed by atoms with Gasteiger partial charge < -0.3 is 5.73 Å². The maximum atomic E-state index is 6.27. The molecule has 2 aromatic rings. The summed E-state index contributed by atoms with van der Waals surface area (Å²) in [4.78, 5) is 0. The highest BCUT2D eigenvalue weighted by Gasteiger charge is 2.19. The second-order valence-corrected chi connectivity index (χ2v) is 5.08. The fourth-order valence-corrected chi connectivity index (χ4v) is 2.50. The summed E-state index contributed by atoms with van der Waals surface area (Å²) in [6.45, 7) is 2.04. The molecule has 0 fully saturated rings. The van der Waals surface area contributed by atoms with Crippen LogP contribution in [0.1, 0.15) is 24.0 Å². The van der Waals surface area contributed by atoms with Crippen molar-refractivity contribution in [3.8, 4) is 0 Å². The summed E-state index contributed by atoms with van der Waals surface area (Å²) in [6.07, 6.45) is 0.919. The lowest BCUT2D eigenvalue weighted by atomic mass is 9.87. The van der Waals surface area contributed by atoms with Crippen LogP contribution in [0.5, 0.6) is 0 Å². The zero-order valence-electron chi connectivity index (χ0n) is 10.5. The van der Waals surface area contributed by atoms with Crippen molar-refractivity contribution in [1.82, 2.24) is 0 Å². The molecule has 2 atom stereocenters. The van der Waals surface area contributed by atoms with Gasteiger partial charge in [0.15, 0.2) is 0 Å². The number of rotatable bonds is 4. The normalized spacial score (nSPS) is 14.2. The van der Waals surface area contributed by atoms with Crippen molar-refractivity contribution in [3.63, 3.8) is 0 Å². The lowest BCUT2D eigenvalue weighted by Crippen LogP contribution is -2.26. The summed E-state index contributed by atoms with van der Waals surface area (Å²) < 4.78 is 0. The largest absolute Gasteiger partial charge is 0.327 e. The first-order valence-electron chi connectivity index (χ1n) is 6.22. The van der Waals surface area contributed by atoms with Gasteiger partial charge in [-0.2, -0.15) is 0 Å². The fourth-order valence-electron chi connectivity index (χ4n) is 2.22. The Balaban J connectivity index is 2.27. The van der Waals surface area contributed by atoms with Gasteiger partial charge in [0.05, 0.1) is 0 Å². The third kappa shape index (κ3) is 3.12. The number of nitrogens with two attached hydrogens (primary N) is 1. The Morgan fingerprint density at radius 1 is 1.00 bits per heavy atom. The van der Waals surface area contributed by atoms with Gasteiger partial charge in [0, 0.05) is 17.0 Å². The van der Waals surface area contributed by atoms with Crippen molar-refractivity contribution in [2.45, 2.75) is 25.3 Å². The van der Waals surface area contributed by atoms with Crippen LogP contribution in [-0.2, 0) is 6.42 Å². The standard InChI is InChI=1S/C16H18ClN/c1-12(18)15(11-13-7-3-2-4-8-13)14-9-5-6-10-16(14)17/h2-10,12,15H,11,18H2,1H3/t12-,15+/m1/s1. The van der Waals surface area contributed by atoms with Crippen LogP contribution in [-0.4, -0.2) is 6.04 Å². The SMILES string of the molecule is C[C@@H](N)[C@H](Cc1ccccc1)c1ccccc1Cl. The van der Waals surface area contributed by atoms with E-state index in [1.54, 1.807) is 0 Å². The summed E-state index contributed by atoms with van der Waals surface area (Å²) >= 11 is 6.27. The molecular weight excluding hydrogens is 242 g/mol. The molecule has 0 amide bonds. The highest BCUT2D eigenvalue weighted by Crippen LogP contribution is 2.29. The molecule has 94 valence electrons. The molecule has 0 unspecified atom stereocenters. The van der Waals surface area contributed by atoms with Gasteiger partial charge in [-0.05, 0) is 30.5 Å². The molecule has 0 saturated heterocycles. The molecule has 0 radical (unpaired) electrons. The van der Waals surface area contributed by atoms with E-state index in [2.05, 4.69) is 30.3 Å². The van der Waals surface area contributed by atoms with E-state index in [1.165, 1.54) is 5.56 Å². The van der Waals surface area contributed by atoms with Gasteiger partial charge in [0.1, 0.15) is 0 Å². The van der Waals surface area contributed by atoms with Gasteiger partial charge in [-0.1, -0.05) is 60.1 Å². The highest BCUT2D eigenvalue weighted by atomic mass is 35.5. The number of hydrogen-bond donors (Lipinski definition) is 1. The number of halogens is 1. The summed E-state index contributed by atoms with van der Waals surface area (Å²) in [5, 5.41) is 0.802. The Kier molecular flexibility index (Phi) is 4.40. The molecule has 0 aliphatic heterocycles. The first kappa shape index (κ1) is 13.1. The quantitative estimate of drug-likeness (QED) is 0.882. The van der Waals surface area contributed by atoms with E-state index in [1.807, 2.05) is 31.2 Å². The molecule has 0 aliphatic rings. The van der Waals surface area contributed by atoms with Gasteiger partial charge in [-0.25, -0.2) is 0 Å². The molecule has 0 saturated carbocycles. The van der Waals surface area contributed by atoms with Gasteiger partial charge in [-0.3, -0.25) is 0 Å². The molecule has 0 bridgehead atoms. The minimum absolute atomic E-state index is 0.0742. The summed E-state index contributed by atoms with van der Waals surface area (Å²) in [5.74, 6) is 0.251. The Morgan fingerprint density at radius 3 is 2.22 bits per heavy atom. The second-order valence-electron chi connectivity index (χ2n) is 4.68. The molecule has 0 heterocycles. The fraction of sp³-hybridized carbons (Fsp3) is 0.250. The van der Waals surface area contributed by atoms with Crippen LogP contribution >= 0.6 is 11.6 Å². The van der Waals surface area contributed by atoms with Crippen LogP contribution in [0.3, 0.4) is 0 Å². The zero-order valence-corrected chi connectivity index (χ0v) is 11.3. The maximum Gasteiger partial charge on any atom is 0.0441 e. The minimum Gasteiger partial charge on any atom is -0.327 e. The smallest absolute Gasteiger partial charge is 0.0441 e. The van der Waals surface area contributed by atoms with E-state index in [4.69, 9.17) is 17.3 Å². The Bertz CT molecular complexity index is 493. The first-order chi connectivity index (χ1) is 8.68. The predicted molar refractivity (Wildman–Crippen MR) is 78.0 cm³/mol. The second kappa shape index (κ2) is 6.03. The van der Waals surface area contributed by atoms with Crippen molar-refractivity contribution >= 4 is 11.6 Å². The Labute approximate surface area is 114 Å². The monoisotopic (exact) mass is 259 g/mol. The van der Waals surface area contributed by atoms with E-state index < -0.39 is 0 Å². The van der Waals surface area contributed by atoms with Gasteiger partial charge in [0.25, 0.3) is 0 Å². The lowest BCUT2D eigenvalue weighted by molar-refractivity contribution is 0.565. The molecule has 0 spiro atoms. The average Bonchev–Trinajstić information content (AvgIpc) is 2.38. The average molecular weight is 260 g/mol. The van der Waals surface area contributed by atoms with Crippen LogP contribution in [0.25, 0.3) is 0 Å². The molecule has 2 N–H and O–H groups in total. The van der Waals surface area contributed by atoms with Crippen LogP contribution < -0.4 is 5.73 Å². The van der Waals surface area contributed by atoms with Crippen molar-refractivity contribution in [1.29, 1.82) is 0 Å². The molecule has 0 aromatic heterocycles. The van der Waals surface area contributed by atoms with E-state index in [0.29, 0.717) is 0 Å². The number of benzene rings is 2. The van der Waals surface area contributed by atoms with Crippen molar-refractivity contribution < 1.29 is 0 Å². The minimum atomic E-state index is 0.0742. The van der Waals surface area contributed by atoms with E-state index in [-0.39, 0.29) is 12.0 Å². The van der Waals surface area contributed by atoms with Crippen molar-refractivity contribution in [3.05, 3.63) is 70.7 Å². The van der Waals surface area contributed by atoms with E-state index >= 15 is 0 Å². The Morgan fingerprint density at radius 2 is 1.61 bits per heavy atom. The highest BCUT2D eigenvalue weighted by molar-refractivity contribution is 6.31. The predicted octanol–water partition coefficient (Wildman–Crippen LogP) is 4.01. The van der Waals surface area contributed by atoms with Gasteiger partial charge in [0.2, 0.25) is 0 Å². The maximum absolute atomic E-state index is 6.27. The van der Waals surface area contributed by atoms with Gasteiger partial charge >= 0.3 is 0 Å². The summed E-state index contributed by atoms with van der Waals surface area (Å²) in [5.41, 5.74) is 8.56. The summed E-state index contributed by atoms with van der Waals surface area (Å²) in [7, 11) is 0. The van der Waals surface area contributed by atoms with Crippen LogP contribution in [0.2, 0.25) is 5.02 Å². The molecular formula is C16H18ClN. The molecule has 0 aliphatic carbocycles. The van der Waals surface area contributed by atoms with E-state index in [9.17, 15) is 0 Å². The van der Waals surface area contributed by atoms with E-state index in [0.717, 1.165) is 17.0 Å². The van der Waals surface area contributed by atoms with Crippen LogP contribution in [0.4, 0.5) is 0 Å². The molecule has 2 rings (SSSR count). The zero-order chi connectivity index (χ0) is 13.0. The molecule has 1 nitrogen and oxygen atoms in total. The summed E-state index contributed by atoms with van der Waals surface area (Å²) in [6, 6.07) is 18.4. The third-order valence-corrected chi connectivity index (χ3v) is 3.58. The van der Waals surface area contributed by atoms with Crippen molar-refractivity contribution in [2.24, 2.45) is 5.73 Å². The molecule has 2 heteroatoms. The first-order valence-corrected chi connectivity index (χ1v) is 6.60. The topological polar surface area (TPSA) is 26.0 Å². The molecule has 18 heavy (non-hydrogen) atoms. The number of hydrogen-bond acceptors (Lipinski definition) is 1. The Hall–Kier alpha value is -1.31. The molecule has 2 aromatic carbocycles. The third-order valence-electron chi connectivity index (χ3n) is 3.24. The van der Waals surface area contributed by atoms with Crippen LogP contribution in [0.15, 0.2) is 54.6 Å². The van der Waals surface area contributed by atoms with Gasteiger partial charge in [-0.15, -0.1) is 0 Å². The van der Waals surface area contributed by atoms with Crippen molar-refractivity contribution in [2.75, 3.05) is 0 Å². The van der Waals surface area contributed by atoms with Crippen LogP contribution in [0, 0.1) is 0 Å². The lowest BCUT2D eigenvalue weighted by Gasteiger charge is -2.22.